The zero-order chi connectivity index (χ0) is 16.7. The van der Waals surface area contributed by atoms with E-state index in [1.165, 1.54) is 24.3 Å². The van der Waals surface area contributed by atoms with E-state index in [4.69, 9.17) is 0 Å². The molecule has 1 amide bonds. The number of alkyl halides is 3. The standard InChI is InChI=1S/C16H15F3N2O2/c17-16(18,19)23-14-6-3-13(4-7-14)11-21-15(22)8-5-12-2-1-9-20-10-12/h1-4,6-7,9-10H,5,8,11H2,(H,21,22). The molecular weight excluding hydrogens is 309 g/mol. The fourth-order valence-electron chi connectivity index (χ4n) is 1.90. The summed E-state index contributed by atoms with van der Waals surface area (Å²) >= 11 is 0. The van der Waals surface area contributed by atoms with Crippen LogP contribution in [0, 0.1) is 0 Å². The van der Waals surface area contributed by atoms with Gasteiger partial charge >= 0.3 is 6.36 Å². The molecule has 122 valence electrons. The summed E-state index contributed by atoms with van der Waals surface area (Å²) in [5.41, 5.74) is 1.66. The van der Waals surface area contributed by atoms with Crippen LogP contribution in [0.25, 0.3) is 0 Å². The second kappa shape index (κ2) is 7.62. The molecule has 0 aliphatic carbocycles. The Kier molecular flexibility index (Phi) is 5.56. The predicted molar refractivity (Wildman–Crippen MR) is 77.5 cm³/mol. The molecule has 0 radical (unpaired) electrons. The lowest BCUT2D eigenvalue weighted by atomic mass is 10.1. The fourth-order valence-corrected chi connectivity index (χ4v) is 1.90. The Morgan fingerprint density at radius 1 is 1.13 bits per heavy atom. The van der Waals surface area contributed by atoms with Crippen LogP contribution >= 0.6 is 0 Å². The highest BCUT2D eigenvalue weighted by Crippen LogP contribution is 2.22. The first-order valence-corrected chi connectivity index (χ1v) is 6.93. The second-order valence-electron chi connectivity index (χ2n) is 4.83. The van der Waals surface area contributed by atoms with E-state index in [0.29, 0.717) is 18.4 Å². The zero-order valence-corrected chi connectivity index (χ0v) is 12.1. The maximum atomic E-state index is 12.0. The van der Waals surface area contributed by atoms with E-state index in [2.05, 4.69) is 15.0 Å². The molecule has 0 saturated heterocycles. The van der Waals surface area contributed by atoms with Gasteiger partial charge in [-0.1, -0.05) is 18.2 Å². The third-order valence-corrected chi connectivity index (χ3v) is 3.01. The zero-order valence-electron chi connectivity index (χ0n) is 12.1. The number of aromatic nitrogens is 1. The van der Waals surface area contributed by atoms with Crippen molar-refractivity contribution in [2.45, 2.75) is 25.7 Å². The van der Waals surface area contributed by atoms with E-state index < -0.39 is 6.36 Å². The minimum Gasteiger partial charge on any atom is -0.406 e. The maximum absolute atomic E-state index is 12.0. The number of ether oxygens (including phenoxy) is 1. The lowest BCUT2D eigenvalue weighted by Crippen LogP contribution is -2.23. The Morgan fingerprint density at radius 2 is 1.87 bits per heavy atom. The van der Waals surface area contributed by atoms with Crippen molar-refractivity contribution in [2.75, 3.05) is 0 Å². The van der Waals surface area contributed by atoms with E-state index in [-0.39, 0.29) is 18.2 Å². The Hall–Kier alpha value is -2.57. The highest BCUT2D eigenvalue weighted by Gasteiger charge is 2.30. The summed E-state index contributed by atoms with van der Waals surface area (Å²) in [7, 11) is 0. The number of nitrogens with one attached hydrogen (secondary N) is 1. The normalized spacial score (nSPS) is 11.1. The average molecular weight is 324 g/mol. The van der Waals surface area contributed by atoms with Crippen LogP contribution in [0.3, 0.4) is 0 Å². The summed E-state index contributed by atoms with van der Waals surface area (Å²) in [4.78, 5) is 15.7. The van der Waals surface area contributed by atoms with Gasteiger partial charge in [-0.3, -0.25) is 9.78 Å². The summed E-state index contributed by atoms with van der Waals surface area (Å²) in [6.45, 7) is 0.248. The van der Waals surface area contributed by atoms with Gasteiger partial charge in [0.15, 0.2) is 0 Å². The molecule has 0 atom stereocenters. The number of halogens is 3. The van der Waals surface area contributed by atoms with Crippen LogP contribution in [0.2, 0.25) is 0 Å². The summed E-state index contributed by atoms with van der Waals surface area (Å²) < 4.78 is 39.9. The molecule has 0 fully saturated rings. The van der Waals surface area contributed by atoms with Gasteiger partial charge in [-0.25, -0.2) is 0 Å². The molecule has 2 aromatic rings. The van der Waals surface area contributed by atoms with Crippen molar-refractivity contribution in [3.05, 3.63) is 59.9 Å². The number of pyridine rings is 1. The predicted octanol–water partition coefficient (Wildman–Crippen LogP) is 3.23. The first kappa shape index (κ1) is 16.8. The monoisotopic (exact) mass is 324 g/mol. The van der Waals surface area contributed by atoms with Gasteiger partial charge < -0.3 is 10.1 Å². The van der Waals surface area contributed by atoms with Gasteiger partial charge in [-0.15, -0.1) is 13.2 Å². The average Bonchev–Trinajstić information content (AvgIpc) is 2.52. The number of amides is 1. The SMILES string of the molecule is O=C(CCc1cccnc1)NCc1ccc(OC(F)(F)F)cc1. The highest BCUT2D eigenvalue weighted by atomic mass is 19.4. The Bertz CT molecular complexity index is 628. The number of nitrogens with zero attached hydrogens (tertiary/aromatic N) is 1. The summed E-state index contributed by atoms with van der Waals surface area (Å²) in [5, 5.41) is 2.71. The molecule has 0 bridgehead atoms. The van der Waals surface area contributed by atoms with Crippen LogP contribution in [0.15, 0.2) is 48.8 Å². The first-order valence-electron chi connectivity index (χ1n) is 6.93. The van der Waals surface area contributed by atoms with E-state index in [9.17, 15) is 18.0 Å². The van der Waals surface area contributed by atoms with Crippen molar-refractivity contribution < 1.29 is 22.7 Å². The van der Waals surface area contributed by atoms with E-state index in [1.54, 1.807) is 18.5 Å². The van der Waals surface area contributed by atoms with Crippen LogP contribution in [0.1, 0.15) is 17.5 Å². The fraction of sp³-hybridized carbons (Fsp3) is 0.250. The Balaban J connectivity index is 1.76. The number of hydrogen-bond acceptors (Lipinski definition) is 3. The molecule has 4 nitrogen and oxygen atoms in total. The first-order chi connectivity index (χ1) is 10.9. The van der Waals surface area contributed by atoms with E-state index in [0.717, 1.165) is 5.56 Å². The number of benzene rings is 1. The van der Waals surface area contributed by atoms with Gasteiger partial charge in [0.25, 0.3) is 0 Å². The molecule has 1 aromatic heterocycles. The molecule has 0 spiro atoms. The third-order valence-electron chi connectivity index (χ3n) is 3.01. The second-order valence-corrected chi connectivity index (χ2v) is 4.83. The largest absolute Gasteiger partial charge is 0.573 e. The molecule has 1 N–H and O–H groups in total. The quantitative estimate of drug-likeness (QED) is 0.887. The van der Waals surface area contributed by atoms with Crippen molar-refractivity contribution in [1.82, 2.24) is 10.3 Å². The minimum absolute atomic E-state index is 0.135. The molecule has 1 aromatic carbocycles. The van der Waals surface area contributed by atoms with Crippen LogP contribution in [-0.4, -0.2) is 17.3 Å². The Labute approximate surface area is 131 Å². The van der Waals surface area contributed by atoms with E-state index >= 15 is 0 Å². The van der Waals surface area contributed by atoms with Gasteiger partial charge in [0.1, 0.15) is 5.75 Å². The van der Waals surface area contributed by atoms with Crippen molar-refractivity contribution in [1.29, 1.82) is 0 Å². The molecule has 0 aliphatic rings. The lowest BCUT2D eigenvalue weighted by molar-refractivity contribution is -0.274. The molecule has 0 saturated carbocycles. The maximum Gasteiger partial charge on any atom is 0.573 e. The summed E-state index contributed by atoms with van der Waals surface area (Å²) in [6.07, 6.45) is -0.441. The number of hydrogen-bond donors (Lipinski definition) is 1. The molecule has 2 rings (SSSR count). The number of rotatable bonds is 6. The topological polar surface area (TPSA) is 51.2 Å². The van der Waals surface area contributed by atoms with Gasteiger partial charge in [0.2, 0.25) is 5.91 Å². The van der Waals surface area contributed by atoms with Gasteiger partial charge in [-0.2, -0.15) is 0 Å². The number of carbonyl (C=O) groups is 1. The smallest absolute Gasteiger partial charge is 0.406 e. The Morgan fingerprint density at radius 3 is 2.48 bits per heavy atom. The van der Waals surface area contributed by atoms with Crippen molar-refractivity contribution in [2.24, 2.45) is 0 Å². The van der Waals surface area contributed by atoms with Gasteiger partial charge in [0.05, 0.1) is 0 Å². The molecule has 23 heavy (non-hydrogen) atoms. The van der Waals surface area contributed by atoms with Crippen LogP contribution in [-0.2, 0) is 17.8 Å². The van der Waals surface area contributed by atoms with Gasteiger partial charge in [-0.05, 0) is 35.7 Å². The third kappa shape index (κ3) is 6.37. The van der Waals surface area contributed by atoms with Crippen LogP contribution in [0.4, 0.5) is 13.2 Å². The molecule has 1 heterocycles. The summed E-state index contributed by atoms with van der Waals surface area (Å²) in [5.74, 6) is -0.423. The van der Waals surface area contributed by atoms with Gasteiger partial charge in [0, 0.05) is 25.4 Å². The van der Waals surface area contributed by atoms with Crippen LogP contribution in [0.5, 0.6) is 5.75 Å². The minimum atomic E-state index is -4.71. The number of aryl methyl sites for hydroxylation is 1. The molecule has 0 aliphatic heterocycles. The lowest BCUT2D eigenvalue weighted by Gasteiger charge is -2.09. The van der Waals surface area contributed by atoms with Crippen molar-refractivity contribution in [3.8, 4) is 5.75 Å². The number of carbonyl (C=O) groups excluding carboxylic acids is 1. The van der Waals surface area contributed by atoms with Crippen molar-refractivity contribution >= 4 is 5.91 Å². The molecular formula is C16H15F3N2O2. The van der Waals surface area contributed by atoms with Crippen molar-refractivity contribution in [3.63, 3.8) is 0 Å². The molecule has 0 unspecified atom stereocenters. The molecule has 7 heteroatoms. The highest BCUT2D eigenvalue weighted by molar-refractivity contribution is 5.76. The van der Waals surface area contributed by atoms with E-state index in [1.807, 2.05) is 6.07 Å². The van der Waals surface area contributed by atoms with Crippen LogP contribution < -0.4 is 10.1 Å². The summed E-state index contributed by atoms with van der Waals surface area (Å²) in [6, 6.07) is 9.07.